The molecule has 0 aliphatic rings. The molecule has 1 atom stereocenters. The molecule has 106 valence electrons. The van der Waals surface area contributed by atoms with E-state index in [1.807, 2.05) is 13.8 Å². The van der Waals surface area contributed by atoms with Crippen LogP contribution in [0.3, 0.4) is 0 Å². The van der Waals surface area contributed by atoms with Crippen molar-refractivity contribution in [1.82, 2.24) is 0 Å². The first-order chi connectivity index (χ1) is 9.01. The maximum Gasteiger partial charge on any atom is 0.310 e. The zero-order valence-electron chi connectivity index (χ0n) is 11.9. The summed E-state index contributed by atoms with van der Waals surface area (Å²) in [5.41, 5.74) is 7.05. The van der Waals surface area contributed by atoms with Crippen molar-refractivity contribution in [2.45, 2.75) is 32.8 Å². The highest BCUT2D eigenvalue weighted by Crippen LogP contribution is 2.32. The van der Waals surface area contributed by atoms with Crippen LogP contribution in [0.1, 0.15) is 25.8 Å². The number of carbonyl (C=O) groups is 1. The molecule has 1 aromatic carbocycles. The van der Waals surface area contributed by atoms with Crippen LogP contribution in [0.4, 0.5) is 5.69 Å². The quantitative estimate of drug-likeness (QED) is 0.632. The van der Waals surface area contributed by atoms with E-state index in [9.17, 15) is 4.79 Å². The number of nitrogens with two attached hydrogens (primary N) is 1. The van der Waals surface area contributed by atoms with Crippen molar-refractivity contribution in [2.24, 2.45) is 0 Å². The number of benzene rings is 1. The molecule has 5 nitrogen and oxygen atoms in total. The topological polar surface area (TPSA) is 70.8 Å². The van der Waals surface area contributed by atoms with Crippen molar-refractivity contribution < 1.29 is 19.0 Å². The van der Waals surface area contributed by atoms with E-state index in [4.69, 9.17) is 19.9 Å². The molecule has 1 rings (SSSR count). The van der Waals surface area contributed by atoms with Gasteiger partial charge in [-0.25, -0.2) is 0 Å². The fourth-order valence-electron chi connectivity index (χ4n) is 1.59. The second-order valence-electron chi connectivity index (χ2n) is 4.29. The van der Waals surface area contributed by atoms with Gasteiger partial charge in [-0.2, -0.15) is 0 Å². The lowest BCUT2D eigenvalue weighted by atomic mass is 10.1. The Morgan fingerprint density at radius 3 is 2.37 bits per heavy atom. The van der Waals surface area contributed by atoms with Gasteiger partial charge in [0, 0.05) is 11.8 Å². The number of hydrogen-bond donors (Lipinski definition) is 1. The standard InChI is InChI=1S/C14H21NO4/c1-5-9(2)19-14(16)7-10-6-12(17-3)13(18-4)8-11(10)15/h6,8-9H,5,7,15H2,1-4H3. The van der Waals surface area contributed by atoms with Gasteiger partial charge in [0.2, 0.25) is 0 Å². The molecule has 0 bridgehead atoms. The van der Waals surface area contributed by atoms with Crippen LogP contribution < -0.4 is 15.2 Å². The van der Waals surface area contributed by atoms with Gasteiger partial charge in [-0.05, 0) is 25.0 Å². The maximum absolute atomic E-state index is 11.7. The number of anilines is 1. The Labute approximate surface area is 113 Å². The molecule has 0 amide bonds. The van der Waals surface area contributed by atoms with Gasteiger partial charge < -0.3 is 19.9 Å². The van der Waals surface area contributed by atoms with E-state index < -0.39 is 0 Å². The summed E-state index contributed by atoms with van der Waals surface area (Å²) in [4.78, 5) is 11.7. The predicted molar refractivity (Wildman–Crippen MR) is 73.5 cm³/mol. The van der Waals surface area contributed by atoms with E-state index in [1.54, 1.807) is 12.1 Å². The normalized spacial score (nSPS) is 11.8. The first-order valence-electron chi connectivity index (χ1n) is 6.21. The average Bonchev–Trinajstić information content (AvgIpc) is 2.40. The Morgan fingerprint density at radius 2 is 1.84 bits per heavy atom. The molecule has 0 aliphatic heterocycles. The first-order valence-corrected chi connectivity index (χ1v) is 6.21. The zero-order chi connectivity index (χ0) is 14.4. The second-order valence-corrected chi connectivity index (χ2v) is 4.29. The molecule has 0 saturated heterocycles. The van der Waals surface area contributed by atoms with Crippen molar-refractivity contribution >= 4 is 11.7 Å². The third-order valence-electron chi connectivity index (χ3n) is 2.89. The Morgan fingerprint density at radius 1 is 1.26 bits per heavy atom. The summed E-state index contributed by atoms with van der Waals surface area (Å²) in [5.74, 6) is 0.787. The third kappa shape index (κ3) is 4.05. The average molecular weight is 267 g/mol. The summed E-state index contributed by atoms with van der Waals surface area (Å²) in [6, 6.07) is 3.34. The molecule has 0 radical (unpaired) electrons. The van der Waals surface area contributed by atoms with Crippen molar-refractivity contribution in [3.8, 4) is 11.5 Å². The van der Waals surface area contributed by atoms with Crippen LogP contribution in [-0.4, -0.2) is 26.3 Å². The fraction of sp³-hybridized carbons (Fsp3) is 0.500. The van der Waals surface area contributed by atoms with Crippen LogP contribution in [0.5, 0.6) is 11.5 Å². The Hall–Kier alpha value is -1.91. The van der Waals surface area contributed by atoms with Gasteiger partial charge in [-0.15, -0.1) is 0 Å². The summed E-state index contributed by atoms with van der Waals surface area (Å²) in [6.45, 7) is 3.82. The highest BCUT2D eigenvalue weighted by Gasteiger charge is 2.14. The predicted octanol–water partition coefficient (Wildman–Crippen LogP) is 2.17. The minimum atomic E-state index is -0.298. The van der Waals surface area contributed by atoms with E-state index in [0.29, 0.717) is 22.7 Å². The minimum absolute atomic E-state index is 0.0890. The summed E-state index contributed by atoms with van der Waals surface area (Å²) in [6.07, 6.45) is 0.817. The molecule has 2 N–H and O–H groups in total. The monoisotopic (exact) mass is 267 g/mol. The van der Waals surface area contributed by atoms with Crippen molar-refractivity contribution in [3.05, 3.63) is 17.7 Å². The fourth-order valence-corrected chi connectivity index (χ4v) is 1.59. The molecule has 0 fully saturated rings. The molecule has 1 unspecified atom stereocenters. The van der Waals surface area contributed by atoms with Gasteiger partial charge in [-0.3, -0.25) is 4.79 Å². The van der Waals surface area contributed by atoms with Crippen LogP contribution in [0.2, 0.25) is 0 Å². The van der Waals surface area contributed by atoms with Crippen molar-refractivity contribution in [2.75, 3.05) is 20.0 Å². The number of hydrogen-bond acceptors (Lipinski definition) is 5. The van der Waals surface area contributed by atoms with Crippen LogP contribution in [0, 0.1) is 0 Å². The molecule has 0 aliphatic carbocycles. The van der Waals surface area contributed by atoms with Crippen molar-refractivity contribution in [1.29, 1.82) is 0 Å². The summed E-state index contributed by atoms with van der Waals surface area (Å²) < 4.78 is 15.5. The molecular weight excluding hydrogens is 246 g/mol. The first kappa shape index (κ1) is 15.1. The highest BCUT2D eigenvalue weighted by atomic mass is 16.5. The Balaban J connectivity index is 2.86. The number of methoxy groups -OCH3 is 2. The maximum atomic E-state index is 11.7. The number of nitrogen functional groups attached to an aromatic ring is 1. The zero-order valence-corrected chi connectivity index (χ0v) is 11.9. The number of rotatable bonds is 6. The lowest BCUT2D eigenvalue weighted by Gasteiger charge is -2.14. The lowest BCUT2D eigenvalue weighted by molar-refractivity contribution is -0.147. The van der Waals surface area contributed by atoms with Crippen LogP contribution >= 0.6 is 0 Å². The Bertz CT molecular complexity index is 445. The minimum Gasteiger partial charge on any atom is -0.493 e. The van der Waals surface area contributed by atoms with Gasteiger partial charge in [0.1, 0.15) is 0 Å². The molecule has 0 saturated carbocycles. The molecule has 0 aromatic heterocycles. The number of esters is 1. The van der Waals surface area contributed by atoms with E-state index in [0.717, 1.165) is 6.42 Å². The summed E-state index contributed by atoms with van der Waals surface area (Å²) >= 11 is 0. The third-order valence-corrected chi connectivity index (χ3v) is 2.89. The lowest BCUT2D eigenvalue weighted by Crippen LogP contribution is -2.16. The van der Waals surface area contributed by atoms with Gasteiger partial charge in [-0.1, -0.05) is 6.92 Å². The van der Waals surface area contributed by atoms with E-state index in [-0.39, 0.29) is 18.5 Å². The SMILES string of the molecule is CCC(C)OC(=O)Cc1cc(OC)c(OC)cc1N. The molecule has 5 heteroatoms. The van der Waals surface area contributed by atoms with E-state index >= 15 is 0 Å². The van der Waals surface area contributed by atoms with Crippen LogP contribution in [0.25, 0.3) is 0 Å². The molecule has 0 heterocycles. The smallest absolute Gasteiger partial charge is 0.310 e. The van der Waals surface area contributed by atoms with Gasteiger partial charge in [0.15, 0.2) is 11.5 Å². The summed E-state index contributed by atoms with van der Waals surface area (Å²) in [5, 5.41) is 0. The van der Waals surface area contributed by atoms with Crippen LogP contribution in [0.15, 0.2) is 12.1 Å². The van der Waals surface area contributed by atoms with Gasteiger partial charge in [0.25, 0.3) is 0 Å². The molecule has 19 heavy (non-hydrogen) atoms. The molecule has 0 spiro atoms. The van der Waals surface area contributed by atoms with Gasteiger partial charge in [0.05, 0.1) is 26.7 Å². The van der Waals surface area contributed by atoms with E-state index in [2.05, 4.69) is 0 Å². The van der Waals surface area contributed by atoms with Gasteiger partial charge >= 0.3 is 5.97 Å². The van der Waals surface area contributed by atoms with Crippen LogP contribution in [-0.2, 0) is 16.0 Å². The number of carbonyl (C=O) groups excluding carboxylic acids is 1. The summed E-state index contributed by atoms with van der Waals surface area (Å²) in [7, 11) is 3.07. The van der Waals surface area contributed by atoms with E-state index in [1.165, 1.54) is 14.2 Å². The molecule has 1 aromatic rings. The highest BCUT2D eigenvalue weighted by molar-refractivity contribution is 5.76. The van der Waals surface area contributed by atoms with Crippen molar-refractivity contribution in [3.63, 3.8) is 0 Å². The largest absolute Gasteiger partial charge is 0.493 e. The second kappa shape index (κ2) is 6.87. The molecular formula is C14H21NO4. The number of ether oxygens (including phenoxy) is 3. The Kier molecular flexibility index (Phi) is 5.48.